The molecule has 64 valence electrons. The third kappa shape index (κ3) is 2.38. The number of hydrogen-bond acceptors (Lipinski definition) is 2. The highest BCUT2D eigenvalue weighted by molar-refractivity contribution is 5.76. The van der Waals surface area contributed by atoms with E-state index in [-0.39, 0.29) is 11.9 Å². The van der Waals surface area contributed by atoms with Crippen LogP contribution in [0.5, 0.6) is 0 Å². The summed E-state index contributed by atoms with van der Waals surface area (Å²) in [5.41, 5.74) is 0. The molecule has 0 radical (unpaired) electrons. The number of allylic oxidation sites excluding steroid dienone is 4. The molecule has 1 rings (SSSR count). The summed E-state index contributed by atoms with van der Waals surface area (Å²) in [6.07, 6.45) is 11.1. The van der Waals surface area contributed by atoms with Gasteiger partial charge in [-0.15, -0.1) is 0 Å². The molecule has 0 spiro atoms. The molecule has 0 bridgehead atoms. The fourth-order valence-corrected chi connectivity index (χ4v) is 0.956. The minimum atomic E-state index is -0.222. The van der Waals surface area contributed by atoms with E-state index < -0.39 is 0 Å². The molecule has 0 aromatic heterocycles. The second-order valence-corrected chi connectivity index (χ2v) is 2.43. The van der Waals surface area contributed by atoms with Gasteiger partial charge in [0.2, 0.25) is 0 Å². The van der Waals surface area contributed by atoms with Crippen LogP contribution >= 0.6 is 0 Å². The van der Waals surface area contributed by atoms with Crippen LogP contribution in [0.1, 0.15) is 6.92 Å². The molecule has 12 heavy (non-hydrogen) atoms. The monoisotopic (exact) mass is 164 g/mol. The zero-order chi connectivity index (χ0) is 8.81. The minimum Gasteiger partial charge on any atom is -0.465 e. The van der Waals surface area contributed by atoms with Gasteiger partial charge in [0.15, 0.2) is 0 Å². The fraction of sp³-hybridized carbons (Fsp3) is 0.300. The average molecular weight is 164 g/mol. The van der Waals surface area contributed by atoms with Gasteiger partial charge in [-0.1, -0.05) is 36.5 Å². The molecule has 1 aliphatic rings. The highest BCUT2D eigenvalue weighted by Crippen LogP contribution is 2.07. The van der Waals surface area contributed by atoms with E-state index in [1.54, 1.807) is 6.92 Å². The number of ether oxygens (including phenoxy) is 1. The van der Waals surface area contributed by atoms with Crippen LogP contribution in [-0.4, -0.2) is 12.6 Å². The summed E-state index contributed by atoms with van der Waals surface area (Å²) < 4.78 is 4.87. The first-order valence-corrected chi connectivity index (χ1v) is 4.03. The maximum atomic E-state index is 11.2. The number of hydrogen-bond donors (Lipinski definition) is 0. The predicted octanol–water partition coefficient (Wildman–Crippen LogP) is 1.85. The largest absolute Gasteiger partial charge is 0.465 e. The van der Waals surface area contributed by atoms with Gasteiger partial charge in [-0.2, -0.15) is 0 Å². The van der Waals surface area contributed by atoms with Crippen molar-refractivity contribution < 1.29 is 9.53 Å². The molecule has 0 atom stereocenters. The maximum absolute atomic E-state index is 11.2. The summed E-state index contributed by atoms with van der Waals surface area (Å²) in [4.78, 5) is 11.2. The van der Waals surface area contributed by atoms with Crippen molar-refractivity contribution in [2.45, 2.75) is 6.92 Å². The molecule has 0 unspecified atom stereocenters. The third-order valence-corrected chi connectivity index (χ3v) is 1.53. The Morgan fingerprint density at radius 2 is 1.83 bits per heavy atom. The molecule has 2 nitrogen and oxygen atoms in total. The summed E-state index contributed by atoms with van der Waals surface area (Å²) in [5.74, 6) is -0.409. The van der Waals surface area contributed by atoms with Gasteiger partial charge < -0.3 is 4.74 Å². The highest BCUT2D eigenvalue weighted by atomic mass is 16.5. The van der Waals surface area contributed by atoms with E-state index in [4.69, 9.17) is 4.74 Å². The van der Waals surface area contributed by atoms with Crippen LogP contribution in [0, 0.1) is 5.92 Å². The highest BCUT2D eigenvalue weighted by Gasteiger charge is 2.12. The first kappa shape index (κ1) is 8.78. The molecule has 0 N–H and O–H groups in total. The van der Waals surface area contributed by atoms with E-state index in [1.807, 2.05) is 36.5 Å². The van der Waals surface area contributed by atoms with Gasteiger partial charge in [0, 0.05) is 0 Å². The smallest absolute Gasteiger partial charge is 0.316 e. The normalized spacial score (nSPS) is 16.1. The van der Waals surface area contributed by atoms with Crippen molar-refractivity contribution in [3.8, 4) is 0 Å². The van der Waals surface area contributed by atoms with Crippen molar-refractivity contribution in [1.82, 2.24) is 0 Å². The second-order valence-electron chi connectivity index (χ2n) is 2.43. The third-order valence-electron chi connectivity index (χ3n) is 1.53. The van der Waals surface area contributed by atoms with E-state index in [0.717, 1.165) is 0 Å². The second kappa shape index (κ2) is 4.54. The summed E-state index contributed by atoms with van der Waals surface area (Å²) in [6.45, 7) is 2.24. The van der Waals surface area contributed by atoms with Crippen molar-refractivity contribution in [2.24, 2.45) is 5.92 Å². The van der Waals surface area contributed by atoms with Crippen LogP contribution in [0.15, 0.2) is 36.5 Å². The molecular weight excluding hydrogens is 152 g/mol. The quantitative estimate of drug-likeness (QED) is 0.582. The average Bonchev–Trinajstić information content (AvgIpc) is 2.32. The van der Waals surface area contributed by atoms with Crippen molar-refractivity contribution >= 4 is 5.97 Å². The Hall–Kier alpha value is -1.31. The van der Waals surface area contributed by atoms with Crippen LogP contribution in [0.3, 0.4) is 0 Å². The number of rotatable bonds is 2. The fourth-order valence-electron chi connectivity index (χ4n) is 0.956. The number of esters is 1. The lowest BCUT2D eigenvalue weighted by molar-refractivity contribution is -0.144. The van der Waals surface area contributed by atoms with Gasteiger partial charge in [-0.25, -0.2) is 0 Å². The molecule has 0 saturated carbocycles. The molecule has 1 aliphatic carbocycles. The van der Waals surface area contributed by atoms with Gasteiger partial charge in [-0.05, 0) is 6.92 Å². The van der Waals surface area contributed by atoms with Crippen molar-refractivity contribution in [3.05, 3.63) is 36.5 Å². The van der Waals surface area contributed by atoms with Crippen LogP contribution < -0.4 is 0 Å². The summed E-state index contributed by atoms with van der Waals surface area (Å²) in [5, 5.41) is 0. The van der Waals surface area contributed by atoms with Gasteiger partial charge in [0.05, 0.1) is 12.5 Å². The van der Waals surface area contributed by atoms with Crippen LogP contribution in [0.25, 0.3) is 0 Å². The zero-order valence-corrected chi connectivity index (χ0v) is 7.07. The molecule has 0 aromatic carbocycles. The molecule has 0 saturated heterocycles. The zero-order valence-electron chi connectivity index (χ0n) is 7.07. The first-order valence-electron chi connectivity index (χ1n) is 4.03. The van der Waals surface area contributed by atoms with Crippen molar-refractivity contribution in [3.63, 3.8) is 0 Å². The van der Waals surface area contributed by atoms with Crippen molar-refractivity contribution in [2.75, 3.05) is 6.61 Å². The first-order chi connectivity index (χ1) is 5.84. The van der Waals surface area contributed by atoms with Crippen LogP contribution in [0.2, 0.25) is 0 Å². The minimum absolute atomic E-state index is 0.186. The Morgan fingerprint density at radius 3 is 2.33 bits per heavy atom. The Bertz CT molecular complexity index is 220. The van der Waals surface area contributed by atoms with E-state index in [1.165, 1.54) is 0 Å². The van der Waals surface area contributed by atoms with E-state index in [9.17, 15) is 4.79 Å². The SMILES string of the molecule is CCOC(=O)C1C=CC=CC=C1. The molecule has 0 aromatic rings. The number of carbonyl (C=O) groups excluding carboxylic acids is 1. The van der Waals surface area contributed by atoms with Gasteiger partial charge >= 0.3 is 5.97 Å². The molecule has 0 fully saturated rings. The summed E-state index contributed by atoms with van der Waals surface area (Å²) in [6, 6.07) is 0. The van der Waals surface area contributed by atoms with Crippen LogP contribution in [-0.2, 0) is 9.53 Å². The Balaban J connectivity index is 2.57. The lowest BCUT2D eigenvalue weighted by Gasteiger charge is -2.05. The molecule has 0 aliphatic heterocycles. The van der Waals surface area contributed by atoms with Gasteiger partial charge in [0.25, 0.3) is 0 Å². The Labute approximate surface area is 72.2 Å². The van der Waals surface area contributed by atoms with E-state index in [2.05, 4.69) is 0 Å². The van der Waals surface area contributed by atoms with E-state index >= 15 is 0 Å². The van der Waals surface area contributed by atoms with Gasteiger partial charge in [-0.3, -0.25) is 4.79 Å². The van der Waals surface area contributed by atoms with Crippen molar-refractivity contribution in [1.29, 1.82) is 0 Å². The molecule has 0 heterocycles. The topological polar surface area (TPSA) is 26.3 Å². The lowest BCUT2D eigenvalue weighted by Crippen LogP contribution is -2.13. The standard InChI is InChI=1S/C10H12O2/c1-2-12-10(11)9-7-5-3-4-6-8-9/h3-9H,2H2,1H3. The molecular formula is C10H12O2. The summed E-state index contributed by atoms with van der Waals surface area (Å²) >= 11 is 0. The van der Waals surface area contributed by atoms with Crippen LogP contribution in [0.4, 0.5) is 0 Å². The molecule has 0 amide bonds. The Kier molecular flexibility index (Phi) is 3.33. The molecule has 2 heteroatoms. The number of carbonyl (C=O) groups is 1. The predicted molar refractivity (Wildman–Crippen MR) is 47.5 cm³/mol. The Morgan fingerprint density at radius 1 is 1.25 bits per heavy atom. The maximum Gasteiger partial charge on any atom is 0.316 e. The van der Waals surface area contributed by atoms with E-state index in [0.29, 0.717) is 6.61 Å². The van der Waals surface area contributed by atoms with Gasteiger partial charge in [0.1, 0.15) is 0 Å². The lowest BCUT2D eigenvalue weighted by atomic mass is 10.1. The summed E-state index contributed by atoms with van der Waals surface area (Å²) in [7, 11) is 0.